The minimum absolute atomic E-state index is 0.155. The highest BCUT2D eigenvalue weighted by atomic mass is 16.3. The molecule has 0 spiro atoms. The molecule has 0 fully saturated rings. The molecular weight excluding hydrogens is 194 g/mol. The Hall–Kier alpha value is -1.42. The smallest absolute Gasteiger partial charge is 0.159 e. The molecule has 1 aromatic rings. The summed E-state index contributed by atoms with van der Waals surface area (Å²) in [6.45, 7) is 1.99. The second-order valence-corrected chi connectivity index (χ2v) is 3.55. The third-order valence-corrected chi connectivity index (χ3v) is 2.36. The third-order valence-electron chi connectivity index (χ3n) is 2.36. The van der Waals surface area contributed by atoms with Crippen molar-refractivity contribution in [1.29, 1.82) is 0 Å². The number of anilines is 1. The summed E-state index contributed by atoms with van der Waals surface area (Å²) in [5.41, 5.74) is 0.672. The predicted octanol–water partition coefficient (Wildman–Crippen LogP) is 1.65. The summed E-state index contributed by atoms with van der Waals surface area (Å²) in [6, 6.07) is 4.47. The van der Waals surface area contributed by atoms with Crippen molar-refractivity contribution in [2.45, 2.75) is 26.0 Å². The van der Waals surface area contributed by atoms with Crippen LogP contribution in [0.15, 0.2) is 18.2 Å². The molecular formula is C11H17NO3. The molecule has 3 N–H and O–H groups in total. The maximum atomic E-state index is 9.71. The summed E-state index contributed by atoms with van der Waals surface area (Å²) in [6.07, 6.45) is 0.979. The molecule has 0 aromatic heterocycles. The molecule has 0 heterocycles. The van der Waals surface area contributed by atoms with Crippen LogP contribution in [0.4, 0.5) is 5.69 Å². The molecule has 0 aliphatic heterocycles. The molecule has 84 valence electrons. The average Bonchev–Trinajstić information content (AvgIpc) is 2.21. The summed E-state index contributed by atoms with van der Waals surface area (Å²) in [4.78, 5) is 1.66. The number of aliphatic hydroxyl groups excluding tert-OH is 1. The molecule has 15 heavy (non-hydrogen) atoms. The summed E-state index contributed by atoms with van der Waals surface area (Å²) in [5.74, 6) is -0.333. The number of phenolic OH excluding ortho intramolecular Hbond substituents is 2. The minimum atomic E-state index is -0.570. The fourth-order valence-corrected chi connectivity index (χ4v) is 1.36. The van der Waals surface area contributed by atoms with Gasteiger partial charge < -0.3 is 20.2 Å². The lowest BCUT2D eigenvalue weighted by molar-refractivity contribution is 0.164. The molecule has 0 saturated carbocycles. The number of rotatable bonds is 4. The maximum absolute atomic E-state index is 9.71. The van der Waals surface area contributed by atoms with E-state index in [1.54, 1.807) is 18.0 Å². The van der Waals surface area contributed by atoms with Gasteiger partial charge in [0, 0.05) is 18.8 Å². The lowest BCUT2D eigenvalue weighted by atomic mass is 10.2. The average molecular weight is 211 g/mol. The van der Waals surface area contributed by atoms with Crippen LogP contribution in [0.3, 0.4) is 0 Å². The molecule has 1 rings (SSSR count). The summed E-state index contributed by atoms with van der Waals surface area (Å²) in [7, 11) is 1.74. The van der Waals surface area contributed by atoms with Gasteiger partial charge in [-0.15, -0.1) is 0 Å². The Kier molecular flexibility index (Phi) is 3.80. The van der Waals surface area contributed by atoms with Crippen LogP contribution in [0.25, 0.3) is 0 Å². The van der Waals surface area contributed by atoms with Crippen molar-refractivity contribution >= 4 is 5.69 Å². The van der Waals surface area contributed by atoms with E-state index in [1.165, 1.54) is 12.1 Å². The summed E-state index contributed by atoms with van der Waals surface area (Å²) < 4.78 is 0. The summed E-state index contributed by atoms with van der Waals surface area (Å²) >= 11 is 0. The van der Waals surface area contributed by atoms with Gasteiger partial charge in [0.2, 0.25) is 0 Å². The van der Waals surface area contributed by atoms with Crippen molar-refractivity contribution in [2.24, 2.45) is 0 Å². The largest absolute Gasteiger partial charge is 0.504 e. The van der Waals surface area contributed by atoms with E-state index in [9.17, 15) is 10.2 Å². The molecule has 0 aliphatic carbocycles. The molecule has 0 radical (unpaired) electrons. The van der Waals surface area contributed by atoms with Crippen molar-refractivity contribution in [3.63, 3.8) is 0 Å². The Balaban J connectivity index is 2.81. The van der Waals surface area contributed by atoms with Gasteiger partial charge in [0.25, 0.3) is 0 Å². The van der Waals surface area contributed by atoms with Gasteiger partial charge in [-0.3, -0.25) is 0 Å². The third kappa shape index (κ3) is 2.76. The Morgan fingerprint density at radius 2 is 1.93 bits per heavy atom. The number of aliphatic hydroxyl groups is 1. The number of hydrogen-bond acceptors (Lipinski definition) is 4. The van der Waals surface area contributed by atoms with Gasteiger partial charge in [-0.05, 0) is 18.6 Å². The highest BCUT2D eigenvalue weighted by Gasteiger charge is 2.12. The highest BCUT2D eigenvalue weighted by Crippen LogP contribution is 2.29. The normalized spacial score (nSPS) is 12.5. The van der Waals surface area contributed by atoms with Crippen molar-refractivity contribution in [3.05, 3.63) is 18.2 Å². The number of benzene rings is 1. The van der Waals surface area contributed by atoms with Gasteiger partial charge in [-0.1, -0.05) is 13.3 Å². The van der Waals surface area contributed by atoms with E-state index < -0.39 is 6.23 Å². The number of phenols is 2. The highest BCUT2D eigenvalue weighted by molar-refractivity contribution is 5.55. The molecule has 4 heteroatoms. The molecule has 4 nitrogen and oxygen atoms in total. The zero-order chi connectivity index (χ0) is 11.4. The van der Waals surface area contributed by atoms with Crippen LogP contribution < -0.4 is 4.90 Å². The first-order chi connectivity index (χ1) is 7.06. The van der Waals surface area contributed by atoms with Gasteiger partial charge in [-0.25, -0.2) is 0 Å². The van der Waals surface area contributed by atoms with Crippen molar-refractivity contribution in [1.82, 2.24) is 0 Å². The van der Waals surface area contributed by atoms with Gasteiger partial charge in [-0.2, -0.15) is 0 Å². The van der Waals surface area contributed by atoms with E-state index in [-0.39, 0.29) is 11.5 Å². The van der Waals surface area contributed by atoms with Gasteiger partial charge in [0.15, 0.2) is 11.5 Å². The zero-order valence-corrected chi connectivity index (χ0v) is 9.01. The lowest BCUT2D eigenvalue weighted by Crippen LogP contribution is -2.30. The summed E-state index contributed by atoms with van der Waals surface area (Å²) in [5, 5.41) is 28.2. The van der Waals surface area contributed by atoms with E-state index in [1.807, 2.05) is 6.92 Å². The van der Waals surface area contributed by atoms with E-state index in [0.717, 1.165) is 6.42 Å². The first-order valence-corrected chi connectivity index (χ1v) is 4.99. The molecule has 1 unspecified atom stereocenters. The van der Waals surface area contributed by atoms with Crippen LogP contribution >= 0.6 is 0 Å². The standard InChI is InChI=1S/C11H17NO3/c1-3-4-11(15)12(2)8-5-6-9(13)10(14)7-8/h5-7,11,13-15H,3-4H2,1-2H3. The zero-order valence-electron chi connectivity index (χ0n) is 9.01. The Labute approximate surface area is 89.4 Å². The van der Waals surface area contributed by atoms with Crippen LogP contribution in [0.1, 0.15) is 19.8 Å². The Morgan fingerprint density at radius 1 is 1.27 bits per heavy atom. The topological polar surface area (TPSA) is 63.9 Å². The van der Waals surface area contributed by atoms with Crippen molar-refractivity contribution < 1.29 is 15.3 Å². The molecule has 1 aromatic carbocycles. The molecule has 0 aliphatic rings. The molecule has 0 saturated heterocycles. The van der Waals surface area contributed by atoms with Crippen molar-refractivity contribution in [3.8, 4) is 11.5 Å². The Bertz CT molecular complexity index is 328. The number of nitrogens with zero attached hydrogens (tertiary/aromatic N) is 1. The molecule has 0 amide bonds. The van der Waals surface area contributed by atoms with Crippen LogP contribution in [-0.4, -0.2) is 28.6 Å². The Morgan fingerprint density at radius 3 is 2.47 bits per heavy atom. The van der Waals surface area contributed by atoms with Crippen LogP contribution in [-0.2, 0) is 0 Å². The van der Waals surface area contributed by atoms with Gasteiger partial charge >= 0.3 is 0 Å². The fraction of sp³-hybridized carbons (Fsp3) is 0.455. The lowest BCUT2D eigenvalue weighted by Gasteiger charge is -2.25. The fourth-order valence-electron chi connectivity index (χ4n) is 1.36. The van der Waals surface area contributed by atoms with Crippen molar-refractivity contribution in [2.75, 3.05) is 11.9 Å². The van der Waals surface area contributed by atoms with Gasteiger partial charge in [0.1, 0.15) is 6.23 Å². The monoisotopic (exact) mass is 211 g/mol. The van der Waals surface area contributed by atoms with E-state index in [4.69, 9.17) is 5.11 Å². The van der Waals surface area contributed by atoms with Crippen LogP contribution in [0.5, 0.6) is 11.5 Å². The second kappa shape index (κ2) is 4.89. The van der Waals surface area contributed by atoms with E-state index in [0.29, 0.717) is 12.1 Å². The first kappa shape index (κ1) is 11.7. The SMILES string of the molecule is CCCC(O)N(C)c1ccc(O)c(O)c1. The minimum Gasteiger partial charge on any atom is -0.504 e. The van der Waals surface area contributed by atoms with Gasteiger partial charge in [0.05, 0.1) is 0 Å². The van der Waals surface area contributed by atoms with Crippen LogP contribution in [0.2, 0.25) is 0 Å². The maximum Gasteiger partial charge on any atom is 0.159 e. The number of aromatic hydroxyl groups is 2. The quantitative estimate of drug-likeness (QED) is 0.523. The van der Waals surface area contributed by atoms with Crippen LogP contribution in [0, 0.1) is 0 Å². The predicted molar refractivity (Wildman–Crippen MR) is 59.1 cm³/mol. The van der Waals surface area contributed by atoms with E-state index >= 15 is 0 Å². The number of hydrogen-bond donors (Lipinski definition) is 3. The molecule has 1 atom stereocenters. The molecule has 0 bridgehead atoms. The van der Waals surface area contributed by atoms with E-state index in [2.05, 4.69) is 0 Å². The second-order valence-electron chi connectivity index (χ2n) is 3.55. The first-order valence-electron chi connectivity index (χ1n) is 4.99.